The van der Waals surface area contributed by atoms with Gasteiger partial charge in [-0.25, -0.2) is 0 Å². The Morgan fingerprint density at radius 2 is 1.85 bits per heavy atom. The maximum absolute atomic E-state index is 6.15. The monoisotopic (exact) mass is 277 g/mol. The molecule has 20 heavy (non-hydrogen) atoms. The second-order valence-corrected chi connectivity index (χ2v) is 5.67. The molecule has 2 heteroatoms. The lowest BCUT2D eigenvalue weighted by molar-refractivity contribution is 0.204. The Kier molecular flexibility index (Phi) is 8.36. The first-order valence-corrected chi connectivity index (χ1v) is 8.15. The molecule has 0 aromatic heterocycles. The zero-order valence-electron chi connectivity index (χ0n) is 13.6. The van der Waals surface area contributed by atoms with Crippen molar-refractivity contribution in [3.05, 3.63) is 29.8 Å². The standard InChI is InChI=1S/C18H31NO/c1-5-13-19-14-9-10-16(4)20-18-12-8-7-11-17(18)15(3)6-2/h7-8,11-12,15-16,19H,5-6,9-10,13-14H2,1-4H3. The van der Waals surface area contributed by atoms with Crippen LogP contribution in [0.5, 0.6) is 5.75 Å². The van der Waals surface area contributed by atoms with Crippen LogP contribution in [0.2, 0.25) is 0 Å². The van der Waals surface area contributed by atoms with E-state index >= 15 is 0 Å². The van der Waals surface area contributed by atoms with Crippen molar-refractivity contribution in [3.8, 4) is 5.75 Å². The summed E-state index contributed by atoms with van der Waals surface area (Å²) in [5.74, 6) is 1.63. The molecule has 0 saturated carbocycles. The van der Waals surface area contributed by atoms with Gasteiger partial charge in [-0.3, -0.25) is 0 Å². The summed E-state index contributed by atoms with van der Waals surface area (Å²) in [5.41, 5.74) is 1.34. The van der Waals surface area contributed by atoms with E-state index in [9.17, 15) is 0 Å². The second kappa shape index (κ2) is 9.82. The van der Waals surface area contributed by atoms with Crippen molar-refractivity contribution in [1.82, 2.24) is 5.32 Å². The average Bonchev–Trinajstić information content (AvgIpc) is 2.47. The molecule has 1 aromatic carbocycles. The molecule has 0 aliphatic rings. The molecule has 114 valence electrons. The molecular formula is C18H31NO. The molecule has 0 amide bonds. The number of hydrogen-bond donors (Lipinski definition) is 1. The molecule has 0 bridgehead atoms. The molecule has 2 nitrogen and oxygen atoms in total. The summed E-state index contributed by atoms with van der Waals surface area (Å²) < 4.78 is 6.15. The molecule has 0 spiro atoms. The van der Waals surface area contributed by atoms with Gasteiger partial charge < -0.3 is 10.1 Å². The Morgan fingerprint density at radius 3 is 2.55 bits per heavy atom. The van der Waals surface area contributed by atoms with Crippen LogP contribution in [0.3, 0.4) is 0 Å². The smallest absolute Gasteiger partial charge is 0.123 e. The van der Waals surface area contributed by atoms with E-state index in [1.807, 2.05) is 0 Å². The SMILES string of the molecule is CCCNCCCC(C)Oc1ccccc1C(C)CC. The van der Waals surface area contributed by atoms with Gasteiger partial charge in [-0.2, -0.15) is 0 Å². The number of para-hydroxylation sites is 1. The molecular weight excluding hydrogens is 246 g/mol. The topological polar surface area (TPSA) is 21.3 Å². The van der Waals surface area contributed by atoms with Crippen molar-refractivity contribution in [2.45, 2.75) is 65.4 Å². The highest BCUT2D eigenvalue weighted by Crippen LogP contribution is 2.29. The highest BCUT2D eigenvalue weighted by molar-refractivity contribution is 5.36. The minimum atomic E-state index is 0.281. The quantitative estimate of drug-likeness (QED) is 0.623. The normalized spacial score (nSPS) is 14.0. The van der Waals surface area contributed by atoms with E-state index in [-0.39, 0.29) is 6.10 Å². The predicted molar refractivity (Wildman–Crippen MR) is 87.6 cm³/mol. The van der Waals surface area contributed by atoms with Crippen LogP contribution in [-0.4, -0.2) is 19.2 Å². The van der Waals surface area contributed by atoms with Gasteiger partial charge in [0.2, 0.25) is 0 Å². The van der Waals surface area contributed by atoms with Gasteiger partial charge >= 0.3 is 0 Å². The van der Waals surface area contributed by atoms with Gasteiger partial charge in [0.05, 0.1) is 6.10 Å². The predicted octanol–water partition coefficient (Wildman–Crippen LogP) is 4.75. The lowest BCUT2D eigenvalue weighted by atomic mass is 9.98. The van der Waals surface area contributed by atoms with Crippen LogP contribution in [0.25, 0.3) is 0 Å². The molecule has 0 aliphatic carbocycles. The molecule has 0 aliphatic heterocycles. The summed E-state index contributed by atoms with van der Waals surface area (Å²) in [4.78, 5) is 0. The third kappa shape index (κ3) is 5.96. The van der Waals surface area contributed by atoms with Crippen molar-refractivity contribution >= 4 is 0 Å². The zero-order valence-corrected chi connectivity index (χ0v) is 13.6. The molecule has 1 rings (SSSR count). The third-order valence-corrected chi connectivity index (χ3v) is 3.78. The molecule has 1 aromatic rings. The Balaban J connectivity index is 2.43. The van der Waals surface area contributed by atoms with Crippen molar-refractivity contribution in [1.29, 1.82) is 0 Å². The van der Waals surface area contributed by atoms with Crippen LogP contribution in [0.4, 0.5) is 0 Å². The van der Waals surface area contributed by atoms with E-state index in [4.69, 9.17) is 4.74 Å². The van der Waals surface area contributed by atoms with E-state index < -0.39 is 0 Å². The number of ether oxygens (including phenoxy) is 1. The lowest BCUT2D eigenvalue weighted by Gasteiger charge is -2.20. The lowest BCUT2D eigenvalue weighted by Crippen LogP contribution is -2.19. The average molecular weight is 277 g/mol. The largest absolute Gasteiger partial charge is 0.490 e. The number of benzene rings is 1. The summed E-state index contributed by atoms with van der Waals surface area (Å²) in [7, 11) is 0. The fraction of sp³-hybridized carbons (Fsp3) is 0.667. The molecule has 1 N–H and O–H groups in total. The van der Waals surface area contributed by atoms with E-state index in [0.29, 0.717) is 5.92 Å². The maximum Gasteiger partial charge on any atom is 0.123 e. The first kappa shape index (κ1) is 17.0. The fourth-order valence-electron chi connectivity index (χ4n) is 2.31. The summed E-state index contributed by atoms with van der Waals surface area (Å²) in [6, 6.07) is 8.47. The van der Waals surface area contributed by atoms with Crippen LogP contribution in [0, 0.1) is 0 Å². The molecule has 0 saturated heterocycles. The van der Waals surface area contributed by atoms with Gasteiger partial charge in [0.25, 0.3) is 0 Å². The van der Waals surface area contributed by atoms with E-state index in [2.05, 4.69) is 57.3 Å². The second-order valence-electron chi connectivity index (χ2n) is 5.67. The Labute approximate surface area is 124 Å². The van der Waals surface area contributed by atoms with Crippen LogP contribution in [0.1, 0.15) is 64.9 Å². The maximum atomic E-state index is 6.15. The van der Waals surface area contributed by atoms with E-state index in [1.54, 1.807) is 0 Å². The Hall–Kier alpha value is -1.02. The first-order chi connectivity index (χ1) is 9.69. The van der Waals surface area contributed by atoms with Crippen molar-refractivity contribution in [2.24, 2.45) is 0 Å². The summed E-state index contributed by atoms with van der Waals surface area (Å²) >= 11 is 0. The van der Waals surface area contributed by atoms with Crippen molar-refractivity contribution in [2.75, 3.05) is 13.1 Å². The van der Waals surface area contributed by atoms with Crippen LogP contribution >= 0.6 is 0 Å². The molecule has 0 heterocycles. The molecule has 2 unspecified atom stereocenters. The fourth-order valence-corrected chi connectivity index (χ4v) is 2.31. The molecule has 0 radical (unpaired) electrons. The highest BCUT2D eigenvalue weighted by atomic mass is 16.5. The van der Waals surface area contributed by atoms with Crippen molar-refractivity contribution < 1.29 is 4.74 Å². The number of rotatable bonds is 10. The van der Waals surface area contributed by atoms with Gasteiger partial charge in [0.15, 0.2) is 0 Å². The van der Waals surface area contributed by atoms with Gasteiger partial charge in [-0.1, -0.05) is 39.0 Å². The number of hydrogen-bond acceptors (Lipinski definition) is 2. The van der Waals surface area contributed by atoms with Crippen LogP contribution in [-0.2, 0) is 0 Å². The summed E-state index contributed by atoms with van der Waals surface area (Å²) in [6.07, 6.45) is 4.91. The minimum absolute atomic E-state index is 0.281. The van der Waals surface area contributed by atoms with Crippen LogP contribution < -0.4 is 10.1 Å². The van der Waals surface area contributed by atoms with Gasteiger partial charge in [-0.05, 0) is 63.2 Å². The minimum Gasteiger partial charge on any atom is -0.490 e. The molecule has 0 fully saturated rings. The third-order valence-electron chi connectivity index (χ3n) is 3.78. The summed E-state index contributed by atoms with van der Waals surface area (Å²) in [6.45, 7) is 11.1. The first-order valence-electron chi connectivity index (χ1n) is 8.15. The number of nitrogens with one attached hydrogen (secondary N) is 1. The Morgan fingerprint density at radius 1 is 1.10 bits per heavy atom. The van der Waals surface area contributed by atoms with Gasteiger partial charge in [0, 0.05) is 0 Å². The van der Waals surface area contributed by atoms with Crippen molar-refractivity contribution in [3.63, 3.8) is 0 Å². The Bertz CT molecular complexity index is 364. The van der Waals surface area contributed by atoms with E-state index in [1.165, 1.54) is 18.4 Å². The highest BCUT2D eigenvalue weighted by Gasteiger charge is 2.12. The van der Waals surface area contributed by atoms with E-state index in [0.717, 1.165) is 31.7 Å². The molecule has 2 atom stereocenters. The van der Waals surface area contributed by atoms with Gasteiger partial charge in [-0.15, -0.1) is 0 Å². The summed E-state index contributed by atoms with van der Waals surface area (Å²) in [5, 5.41) is 3.44. The van der Waals surface area contributed by atoms with Crippen LogP contribution in [0.15, 0.2) is 24.3 Å². The zero-order chi connectivity index (χ0) is 14.8. The van der Waals surface area contributed by atoms with Gasteiger partial charge in [0.1, 0.15) is 5.75 Å².